The Labute approximate surface area is 159 Å². The number of rotatable bonds is 6. The van der Waals surface area contributed by atoms with Crippen molar-refractivity contribution >= 4 is 34.7 Å². The number of nitro groups is 1. The van der Waals surface area contributed by atoms with Gasteiger partial charge < -0.3 is 4.74 Å². The van der Waals surface area contributed by atoms with Crippen LogP contribution in [0.2, 0.25) is 0 Å². The predicted molar refractivity (Wildman–Crippen MR) is 102 cm³/mol. The number of nitrogens with zero attached hydrogens (tertiary/aromatic N) is 2. The van der Waals surface area contributed by atoms with Crippen molar-refractivity contribution in [2.75, 3.05) is 6.61 Å². The maximum atomic E-state index is 12.7. The van der Waals surface area contributed by atoms with Crippen LogP contribution in [0.3, 0.4) is 0 Å². The lowest BCUT2D eigenvalue weighted by atomic mass is 10.1. The maximum Gasteiger partial charge on any atom is 0.293 e. The van der Waals surface area contributed by atoms with Crippen LogP contribution in [0.1, 0.15) is 18.1 Å². The van der Waals surface area contributed by atoms with E-state index in [1.165, 1.54) is 12.1 Å². The Morgan fingerprint density at radius 2 is 1.85 bits per heavy atom. The van der Waals surface area contributed by atoms with Crippen LogP contribution in [0, 0.1) is 10.1 Å². The van der Waals surface area contributed by atoms with Gasteiger partial charge in [0.25, 0.3) is 16.8 Å². The normalized spacial score (nSPS) is 15.4. The Morgan fingerprint density at radius 1 is 1.15 bits per heavy atom. The first kappa shape index (κ1) is 18.7. The summed E-state index contributed by atoms with van der Waals surface area (Å²) >= 11 is 0.810. The van der Waals surface area contributed by atoms with Crippen LogP contribution in [0.15, 0.2) is 53.4 Å². The number of nitro benzene ring substituents is 1. The first-order valence-corrected chi connectivity index (χ1v) is 9.02. The van der Waals surface area contributed by atoms with E-state index in [1.807, 2.05) is 19.1 Å². The molecule has 3 rings (SSSR count). The number of hydrogen-bond donors (Lipinski definition) is 0. The van der Waals surface area contributed by atoms with Crippen molar-refractivity contribution in [2.24, 2.45) is 0 Å². The third-order valence-corrected chi connectivity index (χ3v) is 4.80. The smallest absolute Gasteiger partial charge is 0.293 e. The van der Waals surface area contributed by atoms with Crippen LogP contribution < -0.4 is 4.74 Å². The third-order valence-electron chi connectivity index (χ3n) is 3.90. The van der Waals surface area contributed by atoms with Crippen molar-refractivity contribution < 1.29 is 19.2 Å². The highest BCUT2D eigenvalue weighted by Crippen LogP contribution is 2.35. The quantitative estimate of drug-likeness (QED) is 0.421. The maximum absolute atomic E-state index is 12.7. The summed E-state index contributed by atoms with van der Waals surface area (Å²) in [7, 11) is 0. The fourth-order valence-corrected chi connectivity index (χ4v) is 3.49. The number of ether oxygens (including phenoxy) is 1. The minimum atomic E-state index is -0.525. The lowest BCUT2D eigenvalue weighted by molar-refractivity contribution is -0.385. The van der Waals surface area contributed by atoms with E-state index >= 15 is 0 Å². The van der Waals surface area contributed by atoms with Gasteiger partial charge in [-0.05, 0) is 30.8 Å². The number of amides is 2. The molecule has 1 saturated heterocycles. The molecule has 1 heterocycles. The second-order valence-electron chi connectivity index (χ2n) is 5.62. The summed E-state index contributed by atoms with van der Waals surface area (Å²) in [5.41, 5.74) is 0.874. The van der Waals surface area contributed by atoms with Crippen molar-refractivity contribution in [1.82, 2.24) is 4.90 Å². The van der Waals surface area contributed by atoms with Crippen LogP contribution in [0.25, 0.3) is 6.08 Å². The number of thioether (sulfide) groups is 1. The van der Waals surface area contributed by atoms with Gasteiger partial charge >= 0.3 is 0 Å². The molecule has 2 aromatic rings. The van der Waals surface area contributed by atoms with Crippen molar-refractivity contribution in [3.63, 3.8) is 0 Å². The number of para-hydroxylation sites is 2. The van der Waals surface area contributed by atoms with Gasteiger partial charge in [-0.15, -0.1) is 0 Å². The molecule has 0 atom stereocenters. The van der Waals surface area contributed by atoms with Gasteiger partial charge in [-0.1, -0.05) is 36.4 Å². The highest BCUT2D eigenvalue weighted by Gasteiger charge is 2.36. The number of carbonyl (C=O) groups excluding carboxylic acids is 2. The standard InChI is InChI=1S/C19H16N2O5S/c1-2-26-16-10-6-4-7-13(16)11-17-18(22)20(19(23)27-17)12-14-8-3-5-9-15(14)21(24)25/h3-11H,2,12H2,1H3/b17-11-. The molecule has 0 radical (unpaired) electrons. The average molecular weight is 384 g/mol. The summed E-state index contributed by atoms with van der Waals surface area (Å²) in [6.07, 6.45) is 1.61. The minimum Gasteiger partial charge on any atom is -0.493 e. The van der Waals surface area contributed by atoms with E-state index < -0.39 is 16.1 Å². The van der Waals surface area contributed by atoms with E-state index in [2.05, 4.69) is 0 Å². The SMILES string of the molecule is CCOc1ccccc1/C=C1\SC(=O)N(Cc2ccccc2[N+](=O)[O-])C1=O. The van der Waals surface area contributed by atoms with E-state index in [9.17, 15) is 19.7 Å². The van der Waals surface area contributed by atoms with E-state index in [0.717, 1.165) is 16.7 Å². The lowest BCUT2D eigenvalue weighted by Crippen LogP contribution is -2.27. The van der Waals surface area contributed by atoms with Crippen LogP contribution >= 0.6 is 11.8 Å². The lowest BCUT2D eigenvalue weighted by Gasteiger charge is -2.12. The first-order chi connectivity index (χ1) is 13.0. The Balaban J connectivity index is 1.87. The van der Waals surface area contributed by atoms with Crippen molar-refractivity contribution in [2.45, 2.75) is 13.5 Å². The zero-order valence-corrected chi connectivity index (χ0v) is 15.3. The zero-order chi connectivity index (χ0) is 19.4. The molecule has 0 aromatic heterocycles. The van der Waals surface area contributed by atoms with Crippen LogP contribution in [0.5, 0.6) is 5.75 Å². The monoisotopic (exact) mass is 384 g/mol. The number of benzene rings is 2. The molecule has 0 aliphatic carbocycles. The van der Waals surface area contributed by atoms with Crippen molar-refractivity contribution in [1.29, 1.82) is 0 Å². The number of hydrogen-bond acceptors (Lipinski definition) is 6. The van der Waals surface area contributed by atoms with Gasteiger partial charge in [-0.2, -0.15) is 0 Å². The molecule has 1 aliphatic heterocycles. The molecule has 0 unspecified atom stereocenters. The molecule has 7 nitrogen and oxygen atoms in total. The average Bonchev–Trinajstić information content (AvgIpc) is 2.91. The van der Waals surface area contributed by atoms with Crippen LogP contribution in [0.4, 0.5) is 10.5 Å². The molecule has 2 amide bonds. The number of imide groups is 1. The van der Waals surface area contributed by atoms with Gasteiger partial charge in [-0.25, -0.2) is 0 Å². The zero-order valence-electron chi connectivity index (χ0n) is 14.5. The Hall–Kier alpha value is -3.13. The largest absolute Gasteiger partial charge is 0.493 e. The minimum absolute atomic E-state index is 0.123. The summed E-state index contributed by atoms with van der Waals surface area (Å²) in [5, 5.41) is 10.7. The molecule has 0 bridgehead atoms. The van der Waals surface area contributed by atoms with E-state index in [0.29, 0.717) is 23.5 Å². The van der Waals surface area contributed by atoms with Gasteiger partial charge in [0, 0.05) is 17.2 Å². The summed E-state index contributed by atoms with van der Waals surface area (Å²) in [4.78, 5) is 36.9. The molecule has 1 aliphatic rings. The predicted octanol–water partition coefficient (Wildman–Crippen LogP) is 4.23. The molecule has 0 spiro atoms. The highest BCUT2D eigenvalue weighted by atomic mass is 32.2. The molecular formula is C19H16N2O5S. The second kappa shape index (κ2) is 8.05. The number of carbonyl (C=O) groups is 2. The molecule has 1 fully saturated rings. The Kier molecular flexibility index (Phi) is 5.56. The Bertz CT molecular complexity index is 941. The van der Waals surface area contributed by atoms with Gasteiger partial charge in [-0.3, -0.25) is 24.6 Å². The molecule has 8 heteroatoms. The van der Waals surface area contributed by atoms with E-state index in [4.69, 9.17) is 4.74 Å². The van der Waals surface area contributed by atoms with Gasteiger partial charge in [0.05, 0.1) is 23.0 Å². The molecule has 27 heavy (non-hydrogen) atoms. The molecule has 2 aromatic carbocycles. The van der Waals surface area contributed by atoms with Crippen LogP contribution in [-0.4, -0.2) is 27.6 Å². The molecular weight excluding hydrogens is 368 g/mol. The first-order valence-electron chi connectivity index (χ1n) is 8.20. The summed E-state index contributed by atoms with van der Waals surface area (Å²) < 4.78 is 5.54. The topological polar surface area (TPSA) is 89.8 Å². The summed E-state index contributed by atoms with van der Waals surface area (Å²) in [6, 6.07) is 13.3. The summed E-state index contributed by atoms with van der Waals surface area (Å²) in [6.45, 7) is 2.19. The van der Waals surface area contributed by atoms with Crippen molar-refractivity contribution in [3.8, 4) is 5.75 Å². The Morgan fingerprint density at radius 3 is 2.59 bits per heavy atom. The van der Waals surface area contributed by atoms with E-state index in [-0.39, 0.29) is 17.1 Å². The fraction of sp³-hybridized carbons (Fsp3) is 0.158. The molecule has 0 saturated carbocycles. The second-order valence-corrected chi connectivity index (χ2v) is 6.62. The van der Waals surface area contributed by atoms with Gasteiger partial charge in [0.1, 0.15) is 5.75 Å². The van der Waals surface area contributed by atoms with Gasteiger partial charge in [0.2, 0.25) is 0 Å². The molecule has 138 valence electrons. The third kappa shape index (κ3) is 4.01. The fourth-order valence-electron chi connectivity index (χ4n) is 2.66. The van der Waals surface area contributed by atoms with Crippen molar-refractivity contribution in [3.05, 3.63) is 74.7 Å². The van der Waals surface area contributed by atoms with E-state index in [1.54, 1.807) is 30.3 Å². The summed E-state index contributed by atoms with van der Waals surface area (Å²) in [5.74, 6) is 0.139. The van der Waals surface area contributed by atoms with Crippen LogP contribution in [-0.2, 0) is 11.3 Å². The molecule has 0 N–H and O–H groups in total. The van der Waals surface area contributed by atoms with Gasteiger partial charge in [0.15, 0.2) is 0 Å². The highest BCUT2D eigenvalue weighted by molar-refractivity contribution is 8.18.